The van der Waals surface area contributed by atoms with E-state index in [1.54, 1.807) is 11.8 Å². The predicted octanol–water partition coefficient (Wildman–Crippen LogP) is 2.58. The fourth-order valence-electron chi connectivity index (χ4n) is 2.50. The Hall–Kier alpha value is -2.82. The normalized spacial score (nSPS) is 10.2. The van der Waals surface area contributed by atoms with Crippen LogP contribution in [0.4, 0.5) is 0 Å². The molecule has 1 N–H and O–H groups in total. The molecule has 0 heterocycles. The van der Waals surface area contributed by atoms with Crippen LogP contribution in [0.2, 0.25) is 0 Å². The third-order valence-electron chi connectivity index (χ3n) is 4.05. The van der Waals surface area contributed by atoms with E-state index in [9.17, 15) is 9.59 Å². The van der Waals surface area contributed by atoms with Crippen LogP contribution in [-0.2, 0) is 16.0 Å². The molecule has 0 radical (unpaired) electrons. The van der Waals surface area contributed by atoms with Crippen molar-refractivity contribution in [2.45, 2.75) is 20.3 Å². The van der Waals surface area contributed by atoms with Crippen LogP contribution in [-0.4, -0.2) is 43.0 Å². The molecule has 0 unspecified atom stereocenters. The molecule has 138 valence electrons. The summed E-state index contributed by atoms with van der Waals surface area (Å²) in [6.45, 7) is 5.04. The van der Waals surface area contributed by atoms with E-state index in [4.69, 9.17) is 4.74 Å². The summed E-state index contributed by atoms with van der Waals surface area (Å²) in [4.78, 5) is 25.4. The van der Waals surface area contributed by atoms with Gasteiger partial charge in [-0.25, -0.2) is 0 Å². The van der Waals surface area contributed by atoms with E-state index >= 15 is 0 Å². The topological polar surface area (TPSA) is 58.6 Å². The molecule has 5 heteroatoms. The van der Waals surface area contributed by atoms with E-state index in [1.807, 2.05) is 61.5 Å². The minimum absolute atomic E-state index is 0.00563. The Bertz CT molecular complexity index is 699. The van der Waals surface area contributed by atoms with Crippen molar-refractivity contribution in [1.29, 1.82) is 0 Å². The van der Waals surface area contributed by atoms with Crippen LogP contribution >= 0.6 is 0 Å². The predicted molar refractivity (Wildman–Crippen MR) is 102 cm³/mol. The molecule has 5 nitrogen and oxygen atoms in total. The van der Waals surface area contributed by atoms with Gasteiger partial charge in [-0.05, 0) is 31.0 Å². The van der Waals surface area contributed by atoms with Crippen molar-refractivity contribution in [1.82, 2.24) is 10.2 Å². The number of nitrogens with one attached hydrogen (secondary N) is 1. The molecule has 0 saturated carbocycles. The van der Waals surface area contributed by atoms with E-state index in [0.717, 1.165) is 12.0 Å². The third kappa shape index (κ3) is 6.97. The molecule has 0 aliphatic carbocycles. The second-order valence-electron chi connectivity index (χ2n) is 6.19. The first-order valence-electron chi connectivity index (χ1n) is 8.80. The van der Waals surface area contributed by atoms with Gasteiger partial charge in [0.2, 0.25) is 5.91 Å². The maximum atomic E-state index is 11.9. The minimum atomic E-state index is -0.197. The summed E-state index contributed by atoms with van der Waals surface area (Å²) in [5, 5.41) is 2.79. The van der Waals surface area contributed by atoms with Gasteiger partial charge in [0.1, 0.15) is 5.75 Å². The van der Waals surface area contributed by atoms with Crippen LogP contribution in [0, 0.1) is 6.92 Å². The lowest BCUT2D eigenvalue weighted by Crippen LogP contribution is -2.39. The van der Waals surface area contributed by atoms with Crippen LogP contribution < -0.4 is 10.1 Å². The molecule has 0 aliphatic heterocycles. The standard InChI is InChI=1S/C21H26N2O3/c1-17-8-10-20(11-9-17)26-16-21(25)22-13-15-23(18(2)24)14-12-19-6-4-3-5-7-19/h3-11H,12-16H2,1-2H3,(H,22,25). The summed E-state index contributed by atoms with van der Waals surface area (Å²) in [7, 11) is 0. The van der Waals surface area contributed by atoms with Gasteiger partial charge in [0.05, 0.1) is 0 Å². The molecule has 26 heavy (non-hydrogen) atoms. The van der Waals surface area contributed by atoms with Crippen LogP contribution in [0.15, 0.2) is 54.6 Å². The maximum absolute atomic E-state index is 11.9. The zero-order valence-corrected chi connectivity index (χ0v) is 15.4. The summed E-state index contributed by atoms with van der Waals surface area (Å²) in [6.07, 6.45) is 0.797. The summed E-state index contributed by atoms with van der Waals surface area (Å²) in [5.41, 5.74) is 2.33. The van der Waals surface area contributed by atoms with Crippen LogP contribution in [0.1, 0.15) is 18.1 Å². The summed E-state index contributed by atoms with van der Waals surface area (Å²) in [6, 6.07) is 17.6. The molecule has 2 aromatic carbocycles. The van der Waals surface area contributed by atoms with Gasteiger partial charge in [-0.15, -0.1) is 0 Å². The van der Waals surface area contributed by atoms with Crippen LogP contribution in [0.25, 0.3) is 0 Å². The average molecular weight is 354 g/mol. The second-order valence-corrected chi connectivity index (χ2v) is 6.19. The first-order valence-corrected chi connectivity index (χ1v) is 8.80. The lowest BCUT2D eigenvalue weighted by atomic mass is 10.1. The molecule has 0 fully saturated rings. The summed E-state index contributed by atoms with van der Waals surface area (Å²) >= 11 is 0. The smallest absolute Gasteiger partial charge is 0.258 e. The molecular weight excluding hydrogens is 328 g/mol. The zero-order valence-electron chi connectivity index (χ0n) is 15.4. The van der Waals surface area contributed by atoms with Gasteiger partial charge in [-0.2, -0.15) is 0 Å². The Balaban J connectivity index is 1.68. The number of benzene rings is 2. The monoisotopic (exact) mass is 354 g/mol. The van der Waals surface area contributed by atoms with Gasteiger partial charge in [0, 0.05) is 26.6 Å². The molecule has 2 amide bonds. The number of hydrogen-bond acceptors (Lipinski definition) is 3. The largest absolute Gasteiger partial charge is 0.484 e. The van der Waals surface area contributed by atoms with Gasteiger partial charge in [0.15, 0.2) is 6.61 Å². The number of carbonyl (C=O) groups excluding carboxylic acids is 2. The highest BCUT2D eigenvalue weighted by Crippen LogP contribution is 2.10. The molecule has 0 spiro atoms. The zero-order chi connectivity index (χ0) is 18.8. The number of rotatable bonds is 9. The minimum Gasteiger partial charge on any atom is -0.484 e. The number of carbonyl (C=O) groups is 2. The average Bonchev–Trinajstić information content (AvgIpc) is 2.64. The Kier molecular flexibility index (Phi) is 7.68. The van der Waals surface area contributed by atoms with Gasteiger partial charge in [-0.3, -0.25) is 9.59 Å². The molecule has 2 aromatic rings. The fraction of sp³-hybridized carbons (Fsp3) is 0.333. The van der Waals surface area contributed by atoms with Crippen LogP contribution in [0.5, 0.6) is 5.75 Å². The molecule has 0 bridgehead atoms. The van der Waals surface area contributed by atoms with Crippen molar-refractivity contribution in [3.63, 3.8) is 0 Å². The van der Waals surface area contributed by atoms with E-state index in [0.29, 0.717) is 25.4 Å². The Morgan fingerprint density at radius 2 is 1.69 bits per heavy atom. The molecule has 0 aliphatic rings. The second kappa shape index (κ2) is 10.2. The first kappa shape index (κ1) is 19.5. The van der Waals surface area contributed by atoms with Crippen molar-refractivity contribution in [2.75, 3.05) is 26.2 Å². The fourth-order valence-corrected chi connectivity index (χ4v) is 2.50. The van der Waals surface area contributed by atoms with E-state index in [-0.39, 0.29) is 18.4 Å². The molecule has 0 aromatic heterocycles. The Morgan fingerprint density at radius 1 is 1.00 bits per heavy atom. The highest BCUT2D eigenvalue weighted by atomic mass is 16.5. The summed E-state index contributed by atoms with van der Waals surface area (Å²) < 4.78 is 5.44. The number of nitrogens with zero attached hydrogens (tertiary/aromatic N) is 1. The lowest BCUT2D eigenvalue weighted by Gasteiger charge is -2.21. The Labute approximate surface area is 155 Å². The van der Waals surface area contributed by atoms with Crippen molar-refractivity contribution < 1.29 is 14.3 Å². The number of aryl methyl sites for hydroxylation is 1. The van der Waals surface area contributed by atoms with Crippen molar-refractivity contribution in [2.24, 2.45) is 0 Å². The van der Waals surface area contributed by atoms with Crippen molar-refractivity contribution >= 4 is 11.8 Å². The summed E-state index contributed by atoms with van der Waals surface area (Å²) in [5.74, 6) is 0.474. The van der Waals surface area contributed by atoms with E-state index in [1.165, 1.54) is 5.56 Å². The van der Waals surface area contributed by atoms with Crippen molar-refractivity contribution in [3.05, 3.63) is 65.7 Å². The van der Waals surface area contributed by atoms with Gasteiger partial charge in [-0.1, -0.05) is 48.0 Å². The molecule has 0 saturated heterocycles. The SMILES string of the molecule is CC(=O)N(CCNC(=O)COc1ccc(C)cc1)CCc1ccccc1. The first-order chi connectivity index (χ1) is 12.5. The highest BCUT2D eigenvalue weighted by Gasteiger charge is 2.09. The van der Waals surface area contributed by atoms with E-state index in [2.05, 4.69) is 5.32 Å². The van der Waals surface area contributed by atoms with Crippen LogP contribution in [0.3, 0.4) is 0 Å². The Morgan fingerprint density at radius 3 is 2.35 bits per heavy atom. The molecular formula is C21H26N2O3. The maximum Gasteiger partial charge on any atom is 0.258 e. The molecule has 0 atom stereocenters. The van der Waals surface area contributed by atoms with Gasteiger partial charge in [0.25, 0.3) is 5.91 Å². The third-order valence-corrected chi connectivity index (χ3v) is 4.05. The lowest BCUT2D eigenvalue weighted by molar-refractivity contribution is -0.129. The van der Waals surface area contributed by atoms with E-state index < -0.39 is 0 Å². The number of hydrogen-bond donors (Lipinski definition) is 1. The van der Waals surface area contributed by atoms with Gasteiger partial charge >= 0.3 is 0 Å². The van der Waals surface area contributed by atoms with Gasteiger partial charge < -0.3 is 15.0 Å². The van der Waals surface area contributed by atoms with Crippen molar-refractivity contribution in [3.8, 4) is 5.75 Å². The number of amides is 2. The molecule has 2 rings (SSSR count). The number of ether oxygens (including phenoxy) is 1. The quantitative estimate of drug-likeness (QED) is 0.753. The highest BCUT2D eigenvalue weighted by molar-refractivity contribution is 5.77.